The van der Waals surface area contributed by atoms with Crippen molar-refractivity contribution in [2.75, 3.05) is 0 Å². The van der Waals surface area contributed by atoms with Crippen LogP contribution in [0.5, 0.6) is 0 Å². The minimum atomic E-state index is 0. The molecule has 4 aromatic carbocycles. The Morgan fingerprint density at radius 1 is 0.645 bits per heavy atom. The number of hydrogen-bond acceptors (Lipinski definition) is 0. The molecule has 148 valence electrons. The van der Waals surface area contributed by atoms with E-state index in [9.17, 15) is 0 Å². The largest absolute Gasteiger partial charge is 0.187 e. The van der Waals surface area contributed by atoms with Crippen LogP contribution >= 0.6 is 0 Å². The van der Waals surface area contributed by atoms with Crippen molar-refractivity contribution in [2.24, 2.45) is 0 Å². The molecular weight excluding hydrogens is 452 g/mol. The Kier molecular flexibility index (Phi) is 5.32. The van der Waals surface area contributed by atoms with E-state index in [1.54, 1.807) is 0 Å². The summed E-state index contributed by atoms with van der Waals surface area (Å²) in [4.78, 5) is 0. The molecule has 2 aliphatic carbocycles. The molecule has 0 bridgehead atoms. The van der Waals surface area contributed by atoms with Crippen LogP contribution in [0.25, 0.3) is 22.3 Å². The number of allylic oxidation sites excluding steroid dienone is 1. The Hall–Kier alpha value is -2.63. The second-order valence-electron chi connectivity index (χ2n) is 8.28. The number of fused-ring (bicyclic) bond motifs is 6. The van der Waals surface area contributed by atoms with Crippen LogP contribution in [0.1, 0.15) is 46.1 Å². The summed E-state index contributed by atoms with van der Waals surface area (Å²) >= 11 is 0. The molecule has 31 heavy (non-hydrogen) atoms. The van der Waals surface area contributed by atoms with Crippen LogP contribution in [0.4, 0.5) is 0 Å². The monoisotopic (exact) mass is 473 g/mol. The number of benzene rings is 4. The maximum Gasteiger partial charge on any atom is 0.00320 e. The second-order valence-corrected chi connectivity index (χ2v) is 8.28. The van der Waals surface area contributed by atoms with Crippen LogP contribution in [0.3, 0.4) is 0 Å². The van der Waals surface area contributed by atoms with Crippen molar-refractivity contribution in [3.8, 4) is 22.3 Å². The average Bonchev–Trinajstić information content (AvgIpc) is 3.31. The zero-order valence-corrected chi connectivity index (χ0v) is 19.8. The predicted octanol–water partition coefficient (Wildman–Crippen LogP) is 7.74. The molecule has 0 aromatic heterocycles. The summed E-state index contributed by atoms with van der Waals surface area (Å²) in [5.41, 5.74) is 12.5. The van der Waals surface area contributed by atoms with Crippen molar-refractivity contribution >= 4 is 0 Å². The summed E-state index contributed by atoms with van der Waals surface area (Å²) in [5.74, 6) is 0.686. The SMILES string of the molecule is C=CC1c2ccccc2-c2cccc([CH-]CC3c4ccccc4-c4ccccc43)c21.[Zr]. The molecule has 0 spiro atoms. The van der Waals surface area contributed by atoms with Crippen LogP contribution in [-0.4, -0.2) is 0 Å². The van der Waals surface area contributed by atoms with E-state index < -0.39 is 0 Å². The van der Waals surface area contributed by atoms with Crippen molar-refractivity contribution in [1.29, 1.82) is 0 Å². The van der Waals surface area contributed by atoms with E-state index in [4.69, 9.17) is 0 Å². The molecule has 0 amide bonds. The normalized spacial score (nSPS) is 15.3. The van der Waals surface area contributed by atoms with Crippen LogP contribution in [0.15, 0.2) is 104 Å². The fourth-order valence-corrected chi connectivity index (χ4v) is 5.52. The minimum absolute atomic E-state index is 0. The summed E-state index contributed by atoms with van der Waals surface area (Å²) in [6, 6.07) is 33.2. The summed E-state index contributed by atoms with van der Waals surface area (Å²) in [6.07, 6.45) is 5.55. The topological polar surface area (TPSA) is 0 Å². The Balaban J connectivity index is 0.00000204. The van der Waals surface area contributed by atoms with Crippen LogP contribution < -0.4 is 0 Å². The van der Waals surface area contributed by atoms with Crippen molar-refractivity contribution in [3.05, 3.63) is 138 Å². The van der Waals surface area contributed by atoms with E-state index in [-0.39, 0.29) is 32.1 Å². The Bertz CT molecular complexity index is 1240. The van der Waals surface area contributed by atoms with Gasteiger partial charge in [-0.05, 0) is 39.3 Å². The Labute approximate surface area is 203 Å². The molecule has 0 saturated heterocycles. The van der Waals surface area contributed by atoms with Gasteiger partial charge in [0.05, 0.1) is 0 Å². The zero-order chi connectivity index (χ0) is 20.1. The first-order valence-corrected chi connectivity index (χ1v) is 10.7. The molecule has 0 radical (unpaired) electrons. The summed E-state index contributed by atoms with van der Waals surface area (Å²) < 4.78 is 0. The molecule has 6 rings (SSSR count). The van der Waals surface area contributed by atoms with Crippen LogP contribution in [0.2, 0.25) is 0 Å². The van der Waals surface area contributed by atoms with E-state index in [1.165, 1.54) is 50.1 Å². The standard InChI is InChI=1S/C30H23.Zr/c1-2-21-22-11-3-8-16-27(22)29-17-9-10-20(30(21)29)18-19-28-25-14-6-4-12-23(25)24-13-5-7-15-26(24)28;/h2-18,21,28H,1,19H2;/q-1;. The van der Waals surface area contributed by atoms with Crippen molar-refractivity contribution in [3.63, 3.8) is 0 Å². The molecule has 0 fully saturated rings. The van der Waals surface area contributed by atoms with Gasteiger partial charge in [-0.2, -0.15) is 18.1 Å². The molecule has 0 nitrogen and oxygen atoms in total. The third-order valence-electron chi connectivity index (χ3n) is 6.81. The van der Waals surface area contributed by atoms with Gasteiger partial charge in [-0.15, -0.1) is 18.2 Å². The Morgan fingerprint density at radius 2 is 1.16 bits per heavy atom. The van der Waals surface area contributed by atoms with Gasteiger partial charge in [-0.1, -0.05) is 96.9 Å². The van der Waals surface area contributed by atoms with E-state index in [2.05, 4.69) is 110 Å². The van der Waals surface area contributed by atoms with Gasteiger partial charge in [0.15, 0.2) is 0 Å². The van der Waals surface area contributed by atoms with E-state index in [0.717, 1.165) is 6.42 Å². The first-order chi connectivity index (χ1) is 14.9. The molecule has 1 atom stereocenters. The van der Waals surface area contributed by atoms with Crippen molar-refractivity contribution in [1.82, 2.24) is 0 Å². The third-order valence-corrected chi connectivity index (χ3v) is 6.81. The third kappa shape index (κ3) is 3.10. The van der Waals surface area contributed by atoms with Gasteiger partial charge >= 0.3 is 0 Å². The zero-order valence-electron chi connectivity index (χ0n) is 17.4. The maximum absolute atomic E-state index is 4.16. The van der Waals surface area contributed by atoms with E-state index in [0.29, 0.717) is 5.92 Å². The molecule has 4 aromatic rings. The molecule has 0 N–H and O–H groups in total. The van der Waals surface area contributed by atoms with Crippen molar-refractivity contribution in [2.45, 2.75) is 18.3 Å². The minimum Gasteiger partial charge on any atom is -0.187 e. The fourth-order valence-electron chi connectivity index (χ4n) is 5.52. The van der Waals surface area contributed by atoms with Gasteiger partial charge in [0.25, 0.3) is 0 Å². The second kappa shape index (κ2) is 8.14. The van der Waals surface area contributed by atoms with Gasteiger partial charge in [0.1, 0.15) is 0 Å². The molecule has 2 aliphatic rings. The van der Waals surface area contributed by atoms with Crippen LogP contribution in [0, 0.1) is 6.42 Å². The summed E-state index contributed by atoms with van der Waals surface area (Å²) in [7, 11) is 0. The summed E-state index contributed by atoms with van der Waals surface area (Å²) in [5, 5.41) is 0. The maximum atomic E-state index is 4.16. The fraction of sp³-hybridized carbons (Fsp3) is 0.100. The van der Waals surface area contributed by atoms with Gasteiger partial charge < -0.3 is 0 Å². The molecule has 1 unspecified atom stereocenters. The van der Waals surface area contributed by atoms with Crippen molar-refractivity contribution < 1.29 is 26.2 Å². The molecular formula is C30H23Zr-. The number of rotatable bonds is 4. The summed E-state index contributed by atoms with van der Waals surface area (Å²) in [6.45, 7) is 4.16. The predicted molar refractivity (Wildman–Crippen MR) is 126 cm³/mol. The first kappa shape index (κ1) is 20.3. The Morgan fingerprint density at radius 3 is 1.77 bits per heavy atom. The molecule has 0 saturated carbocycles. The van der Waals surface area contributed by atoms with Gasteiger partial charge in [0.2, 0.25) is 0 Å². The molecule has 0 heterocycles. The number of hydrogen-bond donors (Lipinski definition) is 0. The van der Waals surface area contributed by atoms with Gasteiger partial charge in [-0.25, -0.2) is 0 Å². The van der Waals surface area contributed by atoms with E-state index >= 15 is 0 Å². The average molecular weight is 475 g/mol. The quantitative estimate of drug-likeness (QED) is 0.210. The van der Waals surface area contributed by atoms with E-state index in [1.807, 2.05) is 0 Å². The van der Waals surface area contributed by atoms with Gasteiger partial charge in [-0.3, -0.25) is 0 Å². The first-order valence-electron chi connectivity index (χ1n) is 10.7. The molecule has 1 heteroatoms. The smallest absolute Gasteiger partial charge is 0.00320 e. The molecule has 0 aliphatic heterocycles. The van der Waals surface area contributed by atoms with Crippen LogP contribution in [-0.2, 0) is 26.2 Å². The van der Waals surface area contributed by atoms with Gasteiger partial charge in [0, 0.05) is 32.1 Å².